The van der Waals surface area contributed by atoms with Gasteiger partial charge < -0.3 is 5.11 Å². The predicted molar refractivity (Wildman–Crippen MR) is 82.1 cm³/mol. The van der Waals surface area contributed by atoms with Gasteiger partial charge in [0, 0.05) is 19.2 Å². The molecule has 2 rings (SSSR count). The van der Waals surface area contributed by atoms with Gasteiger partial charge in [-0.1, -0.05) is 35.9 Å². The minimum Gasteiger partial charge on any atom is -0.396 e. The Bertz CT molecular complexity index is 592. The van der Waals surface area contributed by atoms with E-state index in [0.717, 1.165) is 24.1 Å². The summed E-state index contributed by atoms with van der Waals surface area (Å²) in [5.41, 5.74) is 4.53. The normalized spacial score (nSPS) is 12.7. The lowest BCUT2D eigenvalue weighted by Crippen LogP contribution is -2.14. The van der Waals surface area contributed by atoms with Crippen LogP contribution in [-0.4, -0.2) is 21.5 Å². The summed E-state index contributed by atoms with van der Waals surface area (Å²) in [5, 5.41) is 14.7. The lowest BCUT2D eigenvalue weighted by Gasteiger charge is -2.15. The summed E-state index contributed by atoms with van der Waals surface area (Å²) in [7, 11) is 1.84. The van der Waals surface area contributed by atoms with E-state index in [1.807, 2.05) is 26.1 Å². The van der Waals surface area contributed by atoms with E-state index in [1.165, 1.54) is 11.1 Å². The summed E-state index contributed by atoms with van der Waals surface area (Å²) in [4.78, 5) is 0. The number of aliphatic hydroxyl groups is 1. The van der Waals surface area contributed by atoms with E-state index < -0.39 is 0 Å². The lowest BCUT2D eigenvalue weighted by molar-refractivity contribution is 0.224. The molecule has 4 heteroatoms. The molecule has 1 aromatic carbocycles. The van der Waals surface area contributed by atoms with Crippen molar-refractivity contribution in [3.05, 3.63) is 51.8 Å². The molecule has 1 atom stereocenters. The van der Waals surface area contributed by atoms with E-state index in [-0.39, 0.29) is 12.5 Å². The molecule has 1 N–H and O–H groups in total. The van der Waals surface area contributed by atoms with Crippen molar-refractivity contribution in [3.63, 3.8) is 0 Å². The quantitative estimate of drug-likeness (QED) is 0.920. The molecule has 3 nitrogen and oxygen atoms in total. The predicted octanol–water partition coefficient (Wildman–Crippen LogP) is 3.08. The number of aryl methyl sites for hydroxylation is 3. The molecule has 0 saturated heterocycles. The highest BCUT2D eigenvalue weighted by molar-refractivity contribution is 6.30. The minimum atomic E-state index is 0.152. The van der Waals surface area contributed by atoms with E-state index in [0.29, 0.717) is 5.15 Å². The molecule has 0 amide bonds. The number of hydrogen-bond donors (Lipinski definition) is 1. The fourth-order valence-electron chi connectivity index (χ4n) is 2.55. The molecule has 0 aliphatic heterocycles. The van der Waals surface area contributed by atoms with Gasteiger partial charge in [-0.3, -0.25) is 4.68 Å². The number of nitrogens with zero attached hydrogens (tertiary/aromatic N) is 2. The third kappa shape index (κ3) is 3.22. The largest absolute Gasteiger partial charge is 0.396 e. The highest BCUT2D eigenvalue weighted by Gasteiger charge is 2.17. The number of hydrogen-bond acceptors (Lipinski definition) is 2. The van der Waals surface area contributed by atoms with Crippen LogP contribution in [0.4, 0.5) is 0 Å². The van der Waals surface area contributed by atoms with E-state index in [2.05, 4.69) is 24.2 Å². The third-order valence-electron chi connectivity index (χ3n) is 3.79. The first-order valence-electron chi connectivity index (χ1n) is 6.86. The fraction of sp³-hybridized carbons (Fsp3) is 0.438. The molecule has 0 spiro atoms. The second kappa shape index (κ2) is 6.42. The molecule has 1 heterocycles. The molecule has 1 unspecified atom stereocenters. The van der Waals surface area contributed by atoms with Crippen molar-refractivity contribution in [3.8, 4) is 0 Å². The second-order valence-corrected chi connectivity index (χ2v) is 5.72. The number of halogens is 1. The molecule has 0 fully saturated rings. The van der Waals surface area contributed by atoms with E-state index in [9.17, 15) is 5.11 Å². The van der Waals surface area contributed by atoms with Gasteiger partial charge in [0.2, 0.25) is 0 Å². The first-order chi connectivity index (χ1) is 9.52. The second-order valence-electron chi connectivity index (χ2n) is 5.36. The van der Waals surface area contributed by atoms with Gasteiger partial charge in [0.15, 0.2) is 0 Å². The fourth-order valence-corrected chi connectivity index (χ4v) is 2.80. The van der Waals surface area contributed by atoms with Gasteiger partial charge in [0.25, 0.3) is 0 Å². The Labute approximate surface area is 125 Å². The van der Waals surface area contributed by atoms with Crippen LogP contribution < -0.4 is 0 Å². The monoisotopic (exact) mass is 292 g/mol. The van der Waals surface area contributed by atoms with Crippen molar-refractivity contribution in [2.45, 2.75) is 26.7 Å². The molecule has 1 aromatic heterocycles. The maximum absolute atomic E-state index is 9.66. The van der Waals surface area contributed by atoms with Crippen LogP contribution in [0.2, 0.25) is 5.15 Å². The van der Waals surface area contributed by atoms with Crippen LogP contribution >= 0.6 is 11.6 Å². The standard InChI is InChI=1S/C16H21ClN2O/c1-11-6-4-5-7-14(11)8-13(10-20)9-15-12(2)18-19(3)16(15)17/h4-7,13,20H,8-10H2,1-3H3. The van der Waals surface area contributed by atoms with Gasteiger partial charge in [0.1, 0.15) is 5.15 Å². The zero-order valence-electron chi connectivity index (χ0n) is 12.2. The van der Waals surface area contributed by atoms with Crippen LogP contribution in [0.1, 0.15) is 22.4 Å². The zero-order valence-corrected chi connectivity index (χ0v) is 13.0. The Morgan fingerprint density at radius 3 is 2.50 bits per heavy atom. The van der Waals surface area contributed by atoms with Gasteiger partial charge in [-0.05, 0) is 43.7 Å². The summed E-state index contributed by atoms with van der Waals surface area (Å²) in [6.45, 7) is 4.22. The van der Waals surface area contributed by atoms with Crippen LogP contribution in [-0.2, 0) is 19.9 Å². The summed E-state index contributed by atoms with van der Waals surface area (Å²) in [5.74, 6) is 0.163. The van der Waals surface area contributed by atoms with Gasteiger partial charge in [-0.15, -0.1) is 0 Å². The molecule has 2 aromatic rings. The molecular formula is C16H21ClN2O. The highest BCUT2D eigenvalue weighted by Crippen LogP contribution is 2.24. The first kappa shape index (κ1) is 15.1. The van der Waals surface area contributed by atoms with Crippen molar-refractivity contribution in [2.24, 2.45) is 13.0 Å². The van der Waals surface area contributed by atoms with Gasteiger partial charge >= 0.3 is 0 Å². The number of aliphatic hydroxyl groups excluding tert-OH is 1. The smallest absolute Gasteiger partial charge is 0.130 e. The lowest BCUT2D eigenvalue weighted by atomic mass is 9.91. The van der Waals surface area contributed by atoms with Gasteiger partial charge in [0.05, 0.1) is 5.69 Å². The minimum absolute atomic E-state index is 0.152. The summed E-state index contributed by atoms with van der Waals surface area (Å²) in [6.07, 6.45) is 1.61. The SMILES string of the molecule is Cc1ccccc1CC(CO)Cc1c(C)nn(C)c1Cl. The van der Waals surface area contributed by atoms with E-state index in [1.54, 1.807) is 4.68 Å². The molecule has 0 saturated carbocycles. The average molecular weight is 293 g/mol. The molecule has 20 heavy (non-hydrogen) atoms. The van der Waals surface area contributed by atoms with Crippen molar-refractivity contribution in [1.29, 1.82) is 0 Å². The third-order valence-corrected chi connectivity index (χ3v) is 4.26. The number of aromatic nitrogens is 2. The molecule has 0 aliphatic rings. The van der Waals surface area contributed by atoms with Crippen molar-refractivity contribution in [1.82, 2.24) is 9.78 Å². The van der Waals surface area contributed by atoms with Crippen molar-refractivity contribution in [2.75, 3.05) is 6.61 Å². The molecule has 108 valence electrons. The maximum Gasteiger partial charge on any atom is 0.130 e. The Morgan fingerprint density at radius 2 is 1.95 bits per heavy atom. The Hall–Kier alpha value is -1.32. The van der Waals surface area contributed by atoms with Crippen LogP contribution in [0.25, 0.3) is 0 Å². The highest BCUT2D eigenvalue weighted by atomic mass is 35.5. The average Bonchev–Trinajstić information content (AvgIpc) is 2.66. The number of rotatable bonds is 5. The van der Waals surface area contributed by atoms with Crippen LogP contribution in [0.5, 0.6) is 0 Å². The molecular weight excluding hydrogens is 272 g/mol. The first-order valence-corrected chi connectivity index (χ1v) is 7.24. The Morgan fingerprint density at radius 1 is 1.25 bits per heavy atom. The van der Waals surface area contributed by atoms with E-state index in [4.69, 9.17) is 11.6 Å². The molecule has 0 radical (unpaired) electrons. The summed E-state index contributed by atoms with van der Waals surface area (Å²) in [6, 6.07) is 8.30. The zero-order chi connectivity index (χ0) is 14.7. The Balaban J connectivity index is 2.15. The molecule has 0 bridgehead atoms. The summed E-state index contributed by atoms with van der Waals surface area (Å²) >= 11 is 6.27. The van der Waals surface area contributed by atoms with E-state index >= 15 is 0 Å². The van der Waals surface area contributed by atoms with Crippen LogP contribution in [0.3, 0.4) is 0 Å². The van der Waals surface area contributed by atoms with Gasteiger partial charge in [-0.2, -0.15) is 5.10 Å². The van der Waals surface area contributed by atoms with Crippen LogP contribution in [0, 0.1) is 19.8 Å². The van der Waals surface area contributed by atoms with Gasteiger partial charge in [-0.25, -0.2) is 0 Å². The Kier molecular flexibility index (Phi) is 4.84. The topological polar surface area (TPSA) is 38.1 Å². The summed E-state index contributed by atoms with van der Waals surface area (Å²) < 4.78 is 1.69. The molecule has 0 aliphatic carbocycles. The number of benzene rings is 1. The van der Waals surface area contributed by atoms with Crippen LogP contribution in [0.15, 0.2) is 24.3 Å². The van der Waals surface area contributed by atoms with Crippen molar-refractivity contribution < 1.29 is 5.11 Å². The maximum atomic E-state index is 9.66. The van der Waals surface area contributed by atoms with Crippen molar-refractivity contribution >= 4 is 11.6 Å².